The van der Waals surface area contributed by atoms with E-state index in [0.717, 1.165) is 19.6 Å². The summed E-state index contributed by atoms with van der Waals surface area (Å²) < 4.78 is 0. The first kappa shape index (κ1) is 46.6. The van der Waals surface area contributed by atoms with Crippen LogP contribution in [0.15, 0.2) is 0 Å². The zero-order valence-corrected chi connectivity index (χ0v) is 27.1. The van der Waals surface area contributed by atoms with Crippen molar-refractivity contribution in [1.29, 1.82) is 0 Å². The van der Waals surface area contributed by atoms with Crippen LogP contribution in [0, 0.1) is 0 Å². The second-order valence-corrected chi connectivity index (χ2v) is 7.99. The number of hydrogen-bond acceptors (Lipinski definition) is 12. The number of carboxylic acid groups (broad SMARTS) is 8. The molecule has 0 aromatic rings. The van der Waals surface area contributed by atoms with Crippen LogP contribution in [-0.2, 0) is 38.4 Å². The van der Waals surface area contributed by atoms with Gasteiger partial charge < -0.3 is 43.7 Å². The minimum Gasteiger partial charge on any atom is -1.00 e. The summed E-state index contributed by atoms with van der Waals surface area (Å²) in [5.74, 6) is -9.82. The molecular formula is C20H34N4Na2O16. The molecule has 8 N–H and O–H groups in total. The van der Waals surface area contributed by atoms with Crippen LogP contribution in [0.1, 0.15) is 2.85 Å². The van der Waals surface area contributed by atoms with E-state index in [4.69, 9.17) is 40.9 Å². The summed E-state index contributed by atoms with van der Waals surface area (Å²) in [6, 6.07) is 0. The Labute approximate surface area is 285 Å². The quantitative estimate of drug-likeness (QED) is 0.0514. The molecule has 0 unspecified atom stereocenters. The van der Waals surface area contributed by atoms with E-state index in [0.29, 0.717) is 0 Å². The molecule has 0 bridgehead atoms. The molecule has 0 spiro atoms. The summed E-state index contributed by atoms with van der Waals surface area (Å²) in [4.78, 5) is 88.7. The second-order valence-electron chi connectivity index (χ2n) is 7.99. The minimum absolute atomic E-state index is 0. The van der Waals surface area contributed by atoms with Gasteiger partial charge in [-0.25, -0.2) is 0 Å². The molecule has 0 aromatic carbocycles. The molecule has 20 nitrogen and oxygen atoms in total. The zero-order chi connectivity index (χ0) is 31.4. The van der Waals surface area contributed by atoms with Gasteiger partial charge in [-0.2, -0.15) is 0 Å². The molecule has 0 saturated heterocycles. The SMILES string of the molecule is O=C(O)CN(CCN(CC(=O)O)CC(=O)O)CC(=O)O.O=C(O)CN(CCN(CC(=O)O)CC(=O)O)CC(=O)O.[H-].[H-].[Na+].[Na+]. The molecule has 0 aliphatic heterocycles. The van der Waals surface area contributed by atoms with Crippen LogP contribution >= 0.6 is 0 Å². The van der Waals surface area contributed by atoms with Crippen molar-refractivity contribution in [1.82, 2.24) is 19.6 Å². The van der Waals surface area contributed by atoms with Crippen LogP contribution in [0.4, 0.5) is 0 Å². The summed E-state index contributed by atoms with van der Waals surface area (Å²) >= 11 is 0. The number of rotatable bonds is 22. The van der Waals surface area contributed by atoms with Gasteiger partial charge in [0.05, 0.1) is 52.4 Å². The number of aliphatic carboxylic acids is 8. The Morgan fingerprint density at radius 1 is 0.310 bits per heavy atom. The third-order valence-corrected chi connectivity index (χ3v) is 4.34. The normalized spacial score (nSPS) is 10.2. The van der Waals surface area contributed by atoms with Crippen LogP contribution in [0.5, 0.6) is 0 Å². The van der Waals surface area contributed by atoms with E-state index >= 15 is 0 Å². The molecule has 0 atom stereocenters. The van der Waals surface area contributed by atoms with Gasteiger partial charge in [0.25, 0.3) is 0 Å². The summed E-state index contributed by atoms with van der Waals surface area (Å²) in [7, 11) is 0. The molecular weight excluding hydrogens is 598 g/mol. The molecule has 0 amide bonds. The van der Waals surface area contributed by atoms with E-state index in [1.807, 2.05) is 0 Å². The van der Waals surface area contributed by atoms with E-state index in [-0.39, 0.29) is 88.1 Å². The van der Waals surface area contributed by atoms with Crippen LogP contribution in [0.3, 0.4) is 0 Å². The molecule has 42 heavy (non-hydrogen) atoms. The maximum absolute atomic E-state index is 10.6. The number of hydrogen-bond donors (Lipinski definition) is 8. The minimum atomic E-state index is -1.23. The third-order valence-electron chi connectivity index (χ3n) is 4.34. The fourth-order valence-corrected chi connectivity index (χ4v) is 2.95. The average molecular weight is 632 g/mol. The van der Waals surface area contributed by atoms with Crippen molar-refractivity contribution in [2.24, 2.45) is 0 Å². The summed E-state index contributed by atoms with van der Waals surface area (Å²) in [5.41, 5.74) is 0. The molecule has 0 saturated carbocycles. The number of carboxylic acids is 8. The Morgan fingerprint density at radius 2 is 0.405 bits per heavy atom. The van der Waals surface area contributed by atoms with Crippen molar-refractivity contribution in [2.75, 3.05) is 78.5 Å². The topological polar surface area (TPSA) is 311 Å². The van der Waals surface area contributed by atoms with Crippen LogP contribution in [0.2, 0.25) is 0 Å². The van der Waals surface area contributed by atoms with Gasteiger partial charge in [0.2, 0.25) is 0 Å². The molecule has 0 fully saturated rings. The van der Waals surface area contributed by atoms with Gasteiger partial charge >= 0.3 is 107 Å². The first-order valence-corrected chi connectivity index (χ1v) is 11.0. The Kier molecular flexibility index (Phi) is 29.1. The molecule has 0 heterocycles. The molecule has 0 aliphatic rings. The van der Waals surface area contributed by atoms with E-state index in [2.05, 4.69) is 0 Å². The standard InChI is InChI=1S/2C10H16N2O8.2Na.2H/c2*13-7(14)3-11(4-8(15)16)1-2-12(5-9(17)18)6-10(19)20;;;;/h2*1-6H2,(H,13,14)(H,15,16)(H,17,18)(H,19,20);;;;/q;;2*+1;2*-1. The molecule has 0 radical (unpaired) electrons. The first-order chi connectivity index (χ1) is 18.4. The number of carbonyl (C=O) groups is 8. The Morgan fingerprint density at radius 3 is 0.476 bits per heavy atom. The maximum atomic E-state index is 10.6. The van der Waals surface area contributed by atoms with Crippen LogP contribution < -0.4 is 59.1 Å². The number of nitrogens with zero attached hydrogens (tertiary/aromatic N) is 4. The van der Waals surface area contributed by atoms with Crippen molar-refractivity contribution >= 4 is 47.8 Å². The fourth-order valence-electron chi connectivity index (χ4n) is 2.95. The van der Waals surface area contributed by atoms with Gasteiger partial charge in [0.15, 0.2) is 0 Å². The Bertz CT molecular complexity index is 726. The van der Waals surface area contributed by atoms with Gasteiger partial charge in [-0.3, -0.25) is 58.0 Å². The second kappa shape index (κ2) is 26.2. The molecule has 22 heteroatoms. The monoisotopic (exact) mass is 632 g/mol. The van der Waals surface area contributed by atoms with Gasteiger partial charge in [-0.05, 0) is 0 Å². The third kappa shape index (κ3) is 32.1. The van der Waals surface area contributed by atoms with Gasteiger partial charge in [0, 0.05) is 26.2 Å². The summed E-state index contributed by atoms with van der Waals surface area (Å²) in [5, 5.41) is 68.9. The van der Waals surface area contributed by atoms with E-state index in [1.165, 1.54) is 0 Å². The van der Waals surface area contributed by atoms with Crippen LogP contribution in [0.25, 0.3) is 0 Å². The van der Waals surface area contributed by atoms with E-state index in [1.54, 1.807) is 0 Å². The van der Waals surface area contributed by atoms with Crippen molar-refractivity contribution in [3.8, 4) is 0 Å². The fraction of sp³-hybridized carbons (Fsp3) is 0.600. The van der Waals surface area contributed by atoms with E-state index in [9.17, 15) is 38.4 Å². The largest absolute Gasteiger partial charge is 1.00 e. The van der Waals surface area contributed by atoms with Gasteiger partial charge in [0.1, 0.15) is 0 Å². The van der Waals surface area contributed by atoms with Crippen LogP contribution in [-0.4, -0.2) is 187 Å². The Hall–Kier alpha value is -2.40. The molecule has 0 rings (SSSR count). The predicted octanol–water partition coefficient (Wildman–Crippen LogP) is -9.91. The average Bonchev–Trinajstić information content (AvgIpc) is 2.72. The Balaban J connectivity index is -0.000000150. The van der Waals surface area contributed by atoms with Crippen molar-refractivity contribution < 1.29 is 141 Å². The summed E-state index contributed by atoms with van der Waals surface area (Å²) in [6.07, 6.45) is 0. The maximum Gasteiger partial charge on any atom is 1.00 e. The first-order valence-electron chi connectivity index (χ1n) is 11.0. The predicted molar refractivity (Wildman–Crippen MR) is 129 cm³/mol. The molecule has 232 valence electrons. The van der Waals surface area contributed by atoms with Crippen molar-refractivity contribution in [2.45, 2.75) is 0 Å². The summed E-state index contributed by atoms with van der Waals surface area (Å²) in [6.45, 7) is -4.50. The molecule has 0 aliphatic carbocycles. The molecule has 0 aromatic heterocycles. The van der Waals surface area contributed by atoms with Gasteiger partial charge in [-0.15, -0.1) is 0 Å². The van der Waals surface area contributed by atoms with Crippen molar-refractivity contribution in [3.63, 3.8) is 0 Å². The van der Waals surface area contributed by atoms with Crippen molar-refractivity contribution in [3.05, 3.63) is 0 Å². The van der Waals surface area contributed by atoms with Gasteiger partial charge in [-0.1, -0.05) is 0 Å². The zero-order valence-electron chi connectivity index (χ0n) is 25.1. The van der Waals surface area contributed by atoms with E-state index < -0.39 is 100 Å². The smallest absolute Gasteiger partial charge is 1.00 e.